The highest BCUT2D eigenvalue weighted by Crippen LogP contribution is 2.18. The molecule has 1 heterocycles. The van der Waals surface area contributed by atoms with Gasteiger partial charge in [0.05, 0.1) is 12.7 Å². The molecule has 1 aliphatic heterocycles. The van der Waals surface area contributed by atoms with Crippen LogP contribution in [-0.4, -0.2) is 36.1 Å². The lowest BCUT2D eigenvalue weighted by Gasteiger charge is -2.10. The average Bonchev–Trinajstić information content (AvgIpc) is 2.28. The predicted molar refractivity (Wildman–Crippen MR) is 41.3 cm³/mol. The number of rotatable bonds is 2. The minimum absolute atomic E-state index is 0.00606. The third-order valence-electron chi connectivity index (χ3n) is 2.24. The summed E-state index contributed by atoms with van der Waals surface area (Å²) in [6, 6.07) is 0. The van der Waals surface area contributed by atoms with Crippen LogP contribution in [0.25, 0.3) is 0 Å². The summed E-state index contributed by atoms with van der Waals surface area (Å²) in [5.74, 6) is 0.381. The zero-order valence-electron chi connectivity index (χ0n) is 6.70. The number of hydrogen-bond acceptors (Lipinski definition) is 3. The number of aliphatic hydroxyl groups excluding tert-OH is 2. The molecule has 0 aromatic rings. The fourth-order valence-corrected chi connectivity index (χ4v) is 1.38. The molecular formula is C8H16O3. The highest BCUT2D eigenvalue weighted by atomic mass is 16.5. The predicted octanol–water partition coefficient (Wildman–Crippen LogP) is 0.156. The molecule has 11 heavy (non-hydrogen) atoms. The van der Waals surface area contributed by atoms with Crippen LogP contribution in [0.2, 0.25) is 0 Å². The molecule has 0 aromatic heterocycles. The Hall–Kier alpha value is -0.120. The lowest BCUT2D eigenvalue weighted by molar-refractivity contribution is 0.0167. The topological polar surface area (TPSA) is 49.7 Å². The molecule has 0 spiro atoms. The zero-order valence-corrected chi connectivity index (χ0v) is 6.70. The van der Waals surface area contributed by atoms with Crippen molar-refractivity contribution in [3.05, 3.63) is 0 Å². The first-order valence-corrected chi connectivity index (χ1v) is 4.20. The Labute approximate surface area is 67.0 Å². The van der Waals surface area contributed by atoms with Gasteiger partial charge < -0.3 is 14.9 Å². The van der Waals surface area contributed by atoms with Crippen molar-refractivity contribution in [3.63, 3.8) is 0 Å². The van der Waals surface area contributed by atoms with E-state index in [4.69, 9.17) is 14.9 Å². The Morgan fingerprint density at radius 2 is 1.91 bits per heavy atom. The second kappa shape index (κ2) is 4.70. The molecule has 1 fully saturated rings. The van der Waals surface area contributed by atoms with Gasteiger partial charge in [0.1, 0.15) is 0 Å². The minimum Gasteiger partial charge on any atom is -0.396 e. The number of ether oxygens (including phenoxy) is 1. The highest BCUT2D eigenvalue weighted by molar-refractivity contribution is 4.67. The van der Waals surface area contributed by atoms with E-state index in [1.54, 1.807) is 0 Å². The summed E-state index contributed by atoms with van der Waals surface area (Å²) in [6.45, 7) is 1.04. The molecule has 0 aromatic carbocycles. The molecule has 1 aliphatic rings. The van der Waals surface area contributed by atoms with Crippen molar-refractivity contribution in [2.45, 2.75) is 25.4 Å². The smallest absolute Gasteiger partial charge is 0.0805 e. The summed E-state index contributed by atoms with van der Waals surface area (Å²) in [4.78, 5) is 0. The van der Waals surface area contributed by atoms with Gasteiger partial charge in [-0.3, -0.25) is 0 Å². The van der Waals surface area contributed by atoms with Gasteiger partial charge in [-0.05, 0) is 25.2 Å². The summed E-state index contributed by atoms with van der Waals surface area (Å²) in [6.07, 6.45) is 2.78. The van der Waals surface area contributed by atoms with Crippen molar-refractivity contribution in [2.24, 2.45) is 5.92 Å². The van der Waals surface area contributed by atoms with Crippen molar-refractivity contribution in [2.75, 3.05) is 19.8 Å². The number of hydrogen-bond donors (Lipinski definition) is 2. The number of aliphatic hydroxyl groups is 2. The molecule has 0 aliphatic carbocycles. The van der Waals surface area contributed by atoms with Gasteiger partial charge in [-0.1, -0.05) is 0 Å². The van der Waals surface area contributed by atoms with E-state index in [0.29, 0.717) is 12.5 Å². The first-order valence-electron chi connectivity index (χ1n) is 4.20. The van der Waals surface area contributed by atoms with Crippen molar-refractivity contribution in [1.29, 1.82) is 0 Å². The van der Waals surface area contributed by atoms with Gasteiger partial charge in [0.25, 0.3) is 0 Å². The van der Waals surface area contributed by atoms with Crippen molar-refractivity contribution in [3.8, 4) is 0 Å². The maximum Gasteiger partial charge on any atom is 0.0805 e. The van der Waals surface area contributed by atoms with E-state index >= 15 is 0 Å². The molecule has 1 saturated heterocycles. The first-order chi connectivity index (χ1) is 5.36. The Morgan fingerprint density at radius 1 is 1.09 bits per heavy atom. The Balaban J connectivity index is 2.27. The van der Waals surface area contributed by atoms with Crippen LogP contribution in [0, 0.1) is 5.92 Å². The van der Waals surface area contributed by atoms with E-state index in [9.17, 15) is 0 Å². The molecule has 66 valence electrons. The first kappa shape index (κ1) is 8.97. The Kier molecular flexibility index (Phi) is 3.83. The van der Waals surface area contributed by atoms with Gasteiger partial charge in [-0.15, -0.1) is 0 Å². The van der Waals surface area contributed by atoms with Crippen LogP contribution >= 0.6 is 0 Å². The maximum absolute atomic E-state index is 8.86. The van der Waals surface area contributed by atoms with Crippen LogP contribution in [0.15, 0.2) is 0 Å². The zero-order chi connectivity index (χ0) is 8.10. The second-order valence-electron chi connectivity index (χ2n) is 3.09. The second-order valence-corrected chi connectivity index (χ2v) is 3.09. The largest absolute Gasteiger partial charge is 0.396 e. The van der Waals surface area contributed by atoms with Crippen LogP contribution in [0.4, 0.5) is 0 Å². The summed E-state index contributed by atoms with van der Waals surface area (Å²) in [7, 11) is 0. The van der Waals surface area contributed by atoms with Crippen molar-refractivity contribution < 1.29 is 14.9 Å². The maximum atomic E-state index is 8.86. The molecule has 2 N–H and O–H groups in total. The van der Waals surface area contributed by atoms with E-state index in [1.807, 2.05) is 0 Å². The summed E-state index contributed by atoms with van der Waals surface area (Å²) in [5, 5.41) is 17.6. The third-order valence-corrected chi connectivity index (χ3v) is 2.24. The summed E-state index contributed by atoms with van der Waals surface area (Å²) in [5.41, 5.74) is 0. The van der Waals surface area contributed by atoms with Gasteiger partial charge >= 0.3 is 0 Å². The molecule has 0 bridgehead atoms. The Morgan fingerprint density at radius 3 is 2.55 bits per heavy atom. The third kappa shape index (κ3) is 2.77. The van der Waals surface area contributed by atoms with E-state index < -0.39 is 0 Å². The molecule has 0 radical (unpaired) electrons. The van der Waals surface area contributed by atoms with Gasteiger partial charge in [-0.2, -0.15) is 0 Å². The lowest BCUT2D eigenvalue weighted by Crippen LogP contribution is -2.15. The standard InChI is InChI=1S/C8H16O3/c9-5-7-1-2-8(6-10)11-4-3-7/h7-10H,1-6H2. The summed E-state index contributed by atoms with van der Waals surface area (Å²) >= 11 is 0. The highest BCUT2D eigenvalue weighted by Gasteiger charge is 2.17. The van der Waals surface area contributed by atoms with Crippen LogP contribution in [-0.2, 0) is 4.74 Å². The van der Waals surface area contributed by atoms with Crippen LogP contribution in [0.5, 0.6) is 0 Å². The van der Waals surface area contributed by atoms with Crippen LogP contribution < -0.4 is 0 Å². The molecule has 3 nitrogen and oxygen atoms in total. The van der Waals surface area contributed by atoms with Crippen molar-refractivity contribution in [1.82, 2.24) is 0 Å². The van der Waals surface area contributed by atoms with Crippen molar-refractivity contribution >= 4 is 0 Å². The normalized spacial score (nSPS) is 33.3. The van der Waals surface area contributed by atoms with Gasteiger partial charge in [0.15, 0.2) is 0 Å². The van der Waals surface area contributed by atoms with Crippen LogP contribution in [0.1, 0.15) is 19.3 Å². The molecule has 1 rings (SSSR count). The van der Waals surface area contributed by atoms with Gasteiger partial charge in [0, 0.05) is 13.2 Å². The van der Waals surface area contributed by atoms with E-state index in [1.165, 1.54) is 0 Å². The molecule has 0 saturated carbocycles. The molecule has 2 atom stereocenters. The molecular weight excluding hydrogens is 144 g/mol. The quantitative estimate of drug-likeness (QED) is 0.605. The Bertz CT molecular complexity index is 93.5. The van der Waals surface area contributed by atoms with Crippen LogP contribution in [0.3, 0.4) is 0 Å². The SMILES string of the molecule is OCC1CCOC(CO)CC1. The van der Waals surface area contributed by atoms with E-state index in [2.05, 4.69) is 0 Å². The van der Waals surface area contributed by atoms with E-state index in [0.717, 1.165) is 19.3 Å². The fourth-order valence-electron chi connectivity index (χ4n) is 1.38. The summed E-state index contributed by atoms with van der Waals surface area (Å²) < 4.78 is 5.32. The van der Waals surface area contributed by atoms with Gasteiger partial charge in [-0.25, -0.2) is 0 Å². The fraction of sp³-hybridized carbons (Fsp3) is 1.00. The monoisotopic (exact) mass is 160 g/mol. The average molecular weight is 160 g/mol. The minimum atomic E-state index is 0.00606. The van der Waals surface area contributed by atoms with Gasteiger partial charge in [0.2, 0.25) is 0 Å². The molecule has 3 heteroatoms. The molecule has 2 unspecified atom stereocenters. The van der Waals surface area contributed by atoms with E-state index in [-0.39, 0.29) is 19.3 Å². The molecule has 0 amide bonds. The lowest BCUT2D eigenvalue weighted by atomic mass is 10.0.